The maximum absolute atomic E-state index is 10.3. The second-order valence-electron chi connectivity index (χ2n) is 8.25. The van der Waals surface area contributed by atoms with Crippen LogP contribution < -0.4 is 0 Å². The molecule has 0 aliphatic heterocycles. The van der Waals surface area contributed by atoms with Crippen molar-refractivity contribution >= 4 is 0 Å². The summed E-state index contributed by atoms with van der Waals surface area (Å²) < 4.78 is 5.89. The van der Waals surface area contributed by atoms with E-state index in [9.17, 15) is 10.2 Å². The van der Waals surface area contributed by atoms with Gasteiger partial charge in [-0.2, -0.15) is 0 Å². The molecule has 0 saturated carbocycles. The molecule has 0 heterocycles. The quantitative estimate of drug-likeness (QED) is 0.269. The summed E-state index contributed by atoms with van der Waals surface area (Å²) in [5.74, 6) is 0. The fourth-order valence-corrected chi connectivity index (χ4v) is 3.67. The summed E-state index contributed by atoms with van der Waals surface area (Å²) in [6, 6.07) is 9.83. The summed E-state index contributed by atoms with van der Waals surface area (Å²) in [6.07, 6.45) is 13.4. The van der Waals surface area contributed by atoms with Gasteiger partial charge in [-0.25, -0.2) is 0 Å². The number of ether oxygens (including phenoxy) is 1. The van der Waals surface area contributed by atoms with E-state index >= 15 is 0 Å². The molecule has 0 bridgehead atoms. The van der Waals surface area contributed by atoms with Crippen molar-refractivity contribution < 1.29 is 20.1 Å². The van der Waals surface area contributed by atoms with Gasteiger partial charge in [0.2, 0.25) is 0 Å². The van der Waals surface area contributed by atoms with E-state index in [1.165, 1.54) is 64.2 Å². The second-order valence-corrected chi connectivity index (χ2v) is 8.25. The lowest BCUT2D eigenvalue weighted by molar-refractivity contribution is -0.109. The summed E-state index contributed by atoms with van der Waals surface area (Å²) >= 11 is 0. The topological polar surface area (TPSA) is 69.9 Å². The molecule has 168 valence electrons. The van der Waals surface area contributed by atoms with Crippen LogP contribution in [0.1, 0.15) is 96.0 Å². The Morgan fingerprint density at radius 2 is 1.28 bits per heavy atom. The van der Waals surface area contributed by atoms with Crippen molar-refractivity contribution in [3.05, 3.63) is 35.9 Å². The van der Waals surface area contributed by atoms with Crippen LogP contribution in [0.3, 0.4) is 0 Å². The van der Waals surface area contributed by atoms with E-state index in [0.29, 0.717) is 13.0 Å². The molecule has 0 unspecified atom stereocenters. The predicted octanol–water partition coefficient (Wildman–Crippen LogP) is 5.38. The molecule has 3 N–H and O–H groups in total. The van der Waals surface area contributed by atoms with Gasteiger partial charge in [0.15, 0.2) is 0 Å². The Morgan fingerprint density at radius 3 is 1.79 bits per heavy atom. The molecule has 1 aromatic carbocycles. The van der Waals surface area contributed by atoms with E-state index in [-0.39, 0.29) is 0 Å². The average molecular weight is 409 g/mol. The van der Waals surface area contributed by atoms with Crippen molar-refractivity contribution in [1.29, 1.82) is 0 Å². The van der Waals surface area contributed by atoms with Gasteiger partial charge < -0.3 is 20.1 Å². The van der Waals surface area contributed by atoms with Crippen LogP contribution in [0.5, 0.6) is 0 Å². The Hall–Kier alpha value is -0.940. The molecule has 0 aliphatic rings. The Bertz CT molecular complexity index is 465. The van der Waals surface area contributed by atoms with E-state index in [1.54, 1.807) is 0 Å². The van der Waals surface area contributed by atoms with Crippen molar-refractivity contribution in [2.24, 2.45) is 0 Å². The van der Waals surface area contributed by atoms with Crippen LogP contribution >= 0.6 is 0 Å². The van der Waals surface area contributed by atoms with Gasteiger partial charge >= 0.3 is 0 Å². The monoisotopic (exact) mass is 408 g/mol. The Balaban J connectivity index is 2.16. The minimum absolute atomic E-state index is 0.402. The zero-order valence-electron chi connectivity index (χ0n) is 18.5. The smallest absolute Gasteiger partial charge is 0.108 e. The van der Waals surface area contributed by atoms with Gasteiger partial charge in [0.25, 0.3) is 0 Å². The zero-order chi connectivity index (χ0) is 21.2. The Kier molecular flexibility index (Phi) is 16.1. The van der Waals surface area contributed by atoms with Gasteiger partial charge in [-0.05, 0) is 12.0 Å². The number of aliphatic hydroxyl groups excluding tert-OH is 3. The van der Waals surface area contributed by atoms with Crippen LogP contribution in [0.4, 0.5) is 0 Å². The Labute approximate surface area is 178 Å². The molecule has 0 amide bonds. The standard InChI is InChI=1S/C25H44O4/c1-2-3-4-5-6-7-8-9-10-11-12-16-19-24(25(28)23(27)20-26)29-21-22-17-14-13-15-18-22/h13-15,17-18,23-28H,2-12,16,19-21H2,1H3/t23-,24-,25-/m1/s1. The van der Waals surface area contributed by atoms with Gasteiger partial charge in [-0.15, -0.1) is 0 Å². The molecular weight excluding hydrogens is 364 g/mol. The Morgan fingerprint density at radius 1 is 0.759 bits per heavy atom. The highest BCUT2D eigenvalue weighted by atomic mass is 16.5. The number of hydrogen-bond donors (Lipinski definition) is 3. The maximum atomic E-state index is 10.3. The lowest BCUT2D eigenvalue weighted by atomic mass is 10.0. The van der Waals surface area contributed by atoms with Gasteiger partial charge in [0, 0.05) is 0 Å². The predicted molar refractivity (Wildman–Crippen MR) is 120 cm³/mol. The highest BCUT2D eigenvalue weighted by Gasteiger charge is 2.26. The first-order valence-electron chi connectivity index (χ1n) is 11.8. The van der Waals surface area contributed by atoms with Crippen molar-refractivity contribution in [2.75, 3.05) is 6.61 Å². The minimum Gasteiger partial charge on any atom is -0.394 e. The highest BCUT2D eigenvalue weighted by Crippen LogP contribution is 2.17. The number of benzene rings is 1. The molecule has 1 aromatic rings. The van der Waals surface area contributed by atoms with Gasteiger partial charge in [-0.3, -0.25) is 0 Å². The maximum Gasteiger partial charge on any atom is 0.108 e. The van der Waals surface area contributed by atoms with Crippen LogP contribution in [-0.2, 0) is 11.3 Å². The van der Waals surface area contributed by atoms with Crippen molar-refractivity contribution in [3.63, 3.8) is 0 Å². The largest absolute Gasteiger partial charge is 0.394 e. The fourth-order valence-electron chi connectivity index (χ4n) is 3.67. The molecule has 4 nitrogen and oxygen atoms in total. The molecule has 1 rings (SSSR count). The molecule has 3 atom stereocenters. The third-order valence-corrected chi connectivity index (χ3v) is 5.61. The van der Waals surface area contributed by atoms with Crippen LogP contribution in [0.25, 0.3) is 0 Å². The lowest BCUT2D eigenvalue weighted by Crippen LogP contribution is -2.41. The summed E-state index contributed by atoms with van der Waals surface area (Å²) in [7, 11) is 0. The molecule has 0 aromatic heterocycles. The van der Waals surface area contributed by atoms with E-state index < -0.39 is 24.9 Å². The third kappa shape index (κ3) is 13.1. The summed E-state index contributed by atoms with van der Waals surface area (Å²) in [5.41, 5.74) is 1.04. The molecule has 29 heavy (non-hydrogen) atoms. The third-order valence-electron chi connectivity index (χ3n) is 5.61. The second kappa shape index (κ2) is 17.9. The first kappa shape index (κ1) is 26.1. The zero-order valence-corrected chi connectivity index (χ0v) is 18.5. The SMILES string of the molecule is CCCCCCCCCCCCCC[C@@H](OCc1ccccc1)[C@H](O)[C@H](O)CO. The van der Waals surface area contributed by atoms with Gasteiger partial charge in [0.1, 0.15) is 12.2 Å². The van der Waals surface area contributed by atoms with E-state index in [2.05, 4.69) is 6.92 Å². The van der Waals surface area contributed by atoms with E-state index in [1.807, 2.05) is 30.3 Å². The highest BCUT2D eigenvalue weighted by molar-refractivity contribution is 5.13. The molecule has 0 saturated heterocycles. The van der Waals surface area contributed by atoms with Crippen LogP contribution in [0.15, 0.2) is 30.3 Å². The first-order chi connectivity index (χ1) is 14.2. The van der Waals surface area contributed by atoms with Gasteiger partial charge in [0.05, 0.1) is 19.3 Å². The fraction of sp³-hybridized carbons (Fsp3) is 0.760. The number of unbranched alkanes of at least 4 members (excludes halogenated alkanes) is 11. The van der Waals surface area contributed by atoms with Crippen molar-refractivity contribution in [3.8, 4) is 0 Å². The summed E-state index contributed by atoms with van der Waals surface area (Å²) in [5, 5.41) is 29.2. The van der Waals surface area contributed by atoms with Crippen LogP contribution in [-0.4, -0.2) is 40.2 Å². The minimum atomic E-state index is -1.16. The van der Waals surface area contributed by atoms with Crippen LogP contribution in [0, 0.1) is 0 Å². The van der Waals surface area contributed by atoms with Crippen molar-refractivity contribution in [2.45, 2.75) is 115 Å². The molecule has 0 aliphatic carbocycles. The molecule has 0 fully saturated rings. The number of aliphatic hydroxyl groups is 3. The van der Waals surface area contributed by atoms with E-state index in [4.69, 9.17) is 9.84 Å². The average Bonchev–Trinajstić information content (AvgIpc) is 2.76. The number of hydrogen-bond acceptors (Lipinski definition) is 4. The number of rotatable bonds is 19. The summed E-state index contributed by atoms with van der Waals surface area (Å²) in [6.45, 7) is 2.21. The van der Waals surface area contributed by atoms with Crippen molar-refractivity contribution in [1.82, 2.24) is 0 Å². The summed E-state index contributed by atoms with van der Waals surface area (Å²) in [4.78, 5) is 0. The molecule has 0 spiro atoms. The molecule has 4 heteroatoms. The first-order valence-corrected chi connectivity index (χ1v) is 11.8. The lowest BCUT2D eigenvalue weighted by Gasteiger charge is -2.26. The molecular formula is C25H44O4. The molecule has 0 radical (unpaired) electrons. The van der Waals surface area contributed by atoms with Gasteiger partial charge in [-0.1, -0.05) is 114 Å². The van der Waals surface area contributed by atoms with Crippen LogP contribution in [0.2, 0.25) is 0 Å². The van der Waals surface area contributed by atoms with E-state index in [0.717, 1.165) is 18.4 Å². The normalized spacial score (nSPS) is 14.6.